The van der Waals surface area contributed by atoms with E-state index in [4.69, 9.17) is 32.4 Å². The molecule has 1 aliphatic rings. The number of ether oxygens (including phenoxy) is 2. The number of hydrogen-bond acceptors (Lipinski definition) is 9. The number of hydrogen-bond donors (Lipinski definition) is 5. The van der Waals surface area contributed by atoms with E-state index in [0.29, 0.717) is 50.0 Å². The predicted molar refractivity (Wildman–Crippen MR) is 141 cm³/mol. The molecule has 0 radical (unpaired) electrons. The van der Waals surface area contributed by atoms with E-state index in [9.17, 15) is 10.1 Å². The lowest BCUT2D eigenvalue weighted by atomic mass is 9.90. The fourth-order valence-electron chi connectivity index (χ4n) is 3.39. The second kappa shape index (κ2) is 12.6. The van der Waals surface area contributed by atoms with Crippen molar-refractivity contribution in [1.82, 2.24) is 4.90 Å². The summed E-state index contributed by atoms with van der Waals surface area (Å²) < 4.78 is 11.0. The molecule has 0 atom stereocenters. The highest BCUT2D eigenvalue weighted by Gasteiger charge is 2.22. The number of benzene rings is 1. The van der Waals surface area contributed by atoms with Gasteiger partial charge in [-0.05, 0) is 57.5 Å². The summed E-state index contributed by atoms with van der Waals surface area (Å²) in [5.41, 5.74) is 27.1. The number of aryl methyl sites for hydroxylation is 1. The first-order chi connectivity index (χ1) is 17.0. The summed E-state index contributed by atoms with van der Waals surface area (Å²) in [7, 11) is 0. The molecule has 0 aromatic heterocycles. The van der Waals surface area contributed by atoms with Gasteiger partial charge in [-0.2, -0.15) is 5.26 Å². The highest BCUT2D eigenvalue weighted by molar-refractivity contribution is 6.06. The summed E-state index contributed by atoms with van der Waals surface area (Å²) in [5.74, 6) is -0.187. The average molecular weight is 496 g/mol. The third kappa shape index (κ3) is 7.20. The van der Waals surface area contributed by atoms with Crippen LogP contribution in [0.1, 0.15) is 31.9 Å². The second-order valence-electron chi connectivity index (χ2n) is 8.82. The molecule has 1 aromatic rings. The van der Waals surface area contributed by atoms with Gasteiger partial charge in [0.05, 0.1) is 42.6 Å². The van der Waals surface area contributed by atoms with Crippen molar-refractivity contribution in [2.24, 2.45) is 28.3 Å². The van der Waals surface area contributed by atoms with E-state index >= 15 is 0 Å². The van der Waals surface area contributed by atoms with Crippen LogP contribution in [0, 0.1) is 23.7 Å². The maximum Gasteiger partial charge on any atom is 0.257 e. The lowest BCUT2D eigenvalue weighted by Crippen LogP contribution is -2.37. The zero-order valence-corrected chi connectivity index (χ0v) is 21.4. The van der Waals surface area contributed by atoms with E-state index in [-0.39, 0.29) is 17.2 Å². The summed E-state index contributed by atoms with van der Waals surface area (Å²) in [5, 5.41) is 12.1. The van der Waals surface area contributed by atoms with Crippen LogP contribution in [0.15, 0.2) is 59.4 Å². The normalized spacial score (nSPS) is 16.2. The lowest BCUT2D eigenvalue weighted by Gasteiger charge is -2.30. The molecule has 194 valence electrons. The number of rotatable bonds is 9. The van der Waals surface area contributed by atoms with E-state index in [1.54, 1.807) is 32.1 Å². The van der Waals surface area contributed by atoms with Gasteiger partial charge in [0.2, 0.25) is 5.88 Å². The van der Waals surface area contributed by atoms with Gasteiger partial charge in [0.1, 0.15) is 0 Å². The molecule has 0 aliphatic carbocycles. The van der Waals surface area contributed by atoms with Gasteiger partial charge >= 0.3 is 0 Å². The summed E-state index contributed by atoms with van der Waals surface area (Å²) in [4.78, 5) is 14.9. The first kappa shape index (κ1) is 28.1. The molecule has 1 amide bonds. The van der Waals surface area contributed by atoms with Gasteiger partial charge in [0.25, 0.3) is 5.91 Å². The van der Waals surface area contributed by atoms with Crippen LogP contribution in [0.3, 0.4) is 0 Å². The number of nitriles is 1. The Balaban J connectivity index is 2.36. The zero-order valence-electron chi connectivity index (χ0n) is 21.4. The molecule has 2 rings (SSSR count). The topological polar surface area (TPSA) is 179 Å². The van der Waals surface area contributed by atoms with E-state index < -0.39 is 11.3 Å². The smallest absolute Gasteiger partial charge is 0.257 e. The molecule has 1 aliphatic heterocycles. The van der Waals surface area contributed by atoms with Crippen LogP contribution in [-0.4, -0.2) is 43.7 Å². The van der Waals surface area contributed by atoms with Crippen molar-refractivity contribution in [1.29, 1.82) is 5.26 Å². The molecule has 9 N–H and O–H groups in total. The molecule has 1 fully saturated rings. The first-order valence-electron chi connectivity index (χ1n) is 11.7. The number of allylic oxidation sites excluding steroid dienone is 2. The molecule has 0 spiro atoms. The predicted octanol–water partition coefficient (Wildman–Crippen LogP) is 1.96. The molecule has 1 saturated heterocycles. The van der Waals surface area contributed by atoms with Gasteiger partial charge < -0.3 is 42.6 Å². The number of nitrogens with zero attached hydrogens (tertiary/aromatic N) is 2. The molecule has 36 heavy (non-hydrogen) atoms. The Hall–Kier alpha value is -4.10. The lowest BCUT2D eigenvalue weighted by molar-refractivity contribution is -0.112. The Bertz CT molecular complexity index is 1120. The summed E-state index contributed by atoms with van der Waals surface area (Å²) in [6, 6.07) is 7.48. The number of morpholine rings is 1. The van der Waals surface area contributed by atoms with E-state index in [1.165, 1.54) is 6.08 Å². The van der Waals surface area contributed by atoms with Crippen LogP contribution >= 0.6 is 0 Å². The van der Waals surface area contributed by atoms with Crippen molar-refractivity contribution in [3.05, 3.63) is 70.5 Å². The first-order valence-corrected chi connectivity index (χ1v) is 11.7. The number of amides is 1. The average Bonchev–Trinajstić information content (AvgIpc) is 2.87. The minimum Gasteiger partial charge on any atom is -0.478 e. The Morgan fingerprint density at radius 2 is 1.92 bits per heavy atom. The van der Waals surface area contributed by atoms with Gasteiger partial charge in [0, 0.05) is 41.9 Å². The minimum atomic E-state index is -0.945. The van der Waals surface area contributed by atoms with Crippen molar-refractivity contribution in [2.45, 2.75) is 27.7 Å². The van der Waals surface area contributed by atoms with Crippen molar-refractivity contribution in [3.63, 3.8) is 0 Å². The standard InChI is InChI=1S/C26H37N7O3/c1-5-36-24(31)22(33-8-10-35-11-9-33)14-21(29)20-13-19(7-6-17(20)2)32-25(34)18(15-27)12-23(30)26(3,4)16-28/h6-7,12-15H,5,8-11,27,29-31H2,1-4H3,(H,32,34)/b18-15+,21-14-,23-12-,24-22-. The number of nitrogens with one attached hydrogen (secondary N) is 1. The fourth-order valence-corrected chi connectivity index (χ4v) is 3.39. The Morgan fingerprint density at radius 3 is 2.50 bits per heavy atom. The van der Waals surface area contributed by atoms with Gasteiger partial charge in [-0.3, -0.25) is 4.79 Å². The van der Waals surface area contributed by atoms with Gasteiger partial charge in [-0.25, -0.2) is 0 Å². The fraction of sp³-hybridized carbons (Fsp3) is 0.385. The molecule has 1 heterocycles. The van der Waals surface area contributed by atoms with Gasteiger partial charge in [0.15, 0.2) is 0 Å². The number of carbonyl (C=O) groups is 1. The van der Waals surface area contributed by atoms with Crippen LogP contribution in [0.5, 0.6) is 0 Å². The SMILES string of the molecule is CCO/C(N)=C(/C=C(\N)c1cc(NC(=O)C(/C=C(\N)C(C)(C)C#N)=C/N)ccc1C)N1CCOCC1. The second-order valence-corrected chi connectivity index (χ2v) is 8.82. The zero-order chi connectivity index (χ0) is 26.9. The van der Waals surface area contributed by atoms with Crippen LogP contribution in [0.4, 0.5) is 5.69 Å². The molecular weight excluding hydrogens is 458 g/mol. The number of nitrogens with two attached hydrogens (primary N) is 4. The van der Waals surface area contributed by atoms with Gasteiger partial charge in [-0.15, -0.1) is 0 Å². The quantitative estimate of drug-likeness (QED) is 0.194. The molecular formula is C26H37N7O3. The van der Waals surface area contributed by atoms with Crippen molar-refractivity contribution >= 4 is 17.3 Å². The summed E-state index contributed by atoms with van der Waals surface area (Å²) >= 11 is 0. The Kier molecular flexibility index (Phi) is 9.82. The van der Waals surface area contributed by atoms with Crippen molar-refractivity contribution in [2.75, 3.05) is 38.2 Å². The highest BCUT2D eigenvalue weighted by atomic mass is 16.5. The van der Waals surface area contributed by atoms with E-state index in [0.717, 1.165) is 17.3 Å². The third-order valence-electron chi connectivity index (χ3n) is 5.76. The highest BCUT2D eigenvalue weighted by Crippen LogP contribution is 2.25. The van der Waals surface area contributed by atoms with Crippen molar-refractivity contribution < 1.29 is 14.3 Å². The van der Waals surface area contributed by atoms with Crippen LogP contribution in [0.25, 0.3) is 5.70 Å². The van der Waals surface area contributed by atoms with E-state index in [1.807, 2.05) is 19.9 Å². The van der Waals surface area contributed by atoms with Crippen LogP contribution in [0.2, 0.25) is 0 Å². The monoisotopic (exact) mass is 495 g/mol. The maximum absolute atomic E-state index is 12.9. The largest absolute Gasteiger partial charge is 0.478 e. The Labute approximate surface area is 212 Å². The van der Waals surface area contributed by atoms with Crippen LogP contribution < -0.4 is 28.3 Å². The summed E-state index contributed by atoms with van der Waals surface area (Å²) in [6.07, 6.45) is 4.33. The summed E-state index contributed by atoms with van der Waals surface area (Å²) in [6.45, 7) is 10.0. The molecule has 0 saturated carbocycles. The number of carbonyl (C=O) groups excluding carboxylic acids is 1. The van der Waals surface area contributed by atoms with E-state index in [2.05, 4.69) is 16.3 Å². The molecule has 1 aromatic carbocycles. The molecule has 10 nitrogen and oxygen atoms in total. The molecule has 0 bridgehead atoms. The molecule has 0 unspecified atom stereocenters. The minimum absolute atomic E-state index is 0.128. The van der Waals surface area contributed by atoms with Crippen molar-refractivity contribution in [3.8, 4) is 6.07 Å². The van der Waals surface area contributed by atoms with Crippen LogP contribution in [-0.2, 0) is 14.3 Å². The van der Waals surface area contributed by atoms with Gasteiger partial charge in [-0.1, -0.05) is 6.07 Å². The number of anilines is 1. The third-order valence-corrected chi connectivity index (χ3v) is 5.76. The Morgan fingerprint density at radius 1 is 1.25 bits per heavy atom. The molecule has 10 heteroatoms. The maximum atomic E-state index is 12.9.